The number of nitrogens with zero attached hydrogens (tertiary/aromatic N) is 1. The van der Waals surface area contributed by atoms with Crippen molar-refractivity contribution in [2.75, 3.05) is 33.4 Å². The molecule has 1 aliphatic rings. The van der Waals surface area contributed by atoms with Crippen molar-refractivity contribution in [1.82, 2.24) is 15.2 Å². The zero-order valence-electron chi connectivity index (χ0n) is 15.0. The first kappa shape index (κ1) is 17.8. The Morgan fingerprint density at radius 2 is 2.12 bits per heavy atom. The molecule has 2 amide bonds. The van der Waals surface area contributed by atoms with Crippen LogP contribution in [0.3, 0.4) is 0 Å². The van der Waals surface area contributed by atoms with E-state index >= 15 is 0 Å². The Kier molecular flexibility index (Phi) is 5.94. The molecule has 1 aromatic heterocycles. The van der Waals surface area contributed by atoms with Crippen molar-refractivity contribution in [1.29, 1.82) is 0 Å². The van der Waals surface area contributed by atoms with Crippen LogP contribution in [0.15, 0.2) is 30.5 Å². The van der Waals surface area contributed by atoms with Crippen LogP contribution < -0.4 is 5.32 Å². The van der Waals surface area contributed by atoms with Gasteiger partial charge in [-0.25, -0.2) is 4.79 Å². The van der Waals surface area contributed by atoms with E-state index in [2.05, 4.69) is 28.5 Å². The molecule has 2 aromatic rings. The summed E-state index contributed by atoms with van der Waals surface area (Å²) in [5.41, 5.74) is 2.22. The standard InChI is InChI=1S/C19H27N3O3/c1-14(15-3-4-18-16(13-15)5-8-20-18)21-19(23)22-9-6-17(7-10-22)25-12-11-24-2/h3-5,8,13-14,17,20H,6-7,9-12H2,1-2H3,(H,21,23)/t14-/m1/s1. The number of H-pyrrole nitrogens is 1. The van der Waals surface area contributed by atoms with Gasteiger partial charge in [-0.3, -0.25) is 0 Å². The lowest BCUT2D eigenvalue weighted by Crippen LogP contribution is -2.46. The summed E-state index contributed by atoms with van der Waals surface area (Å²) < 4.78 is 10.7. The van der Waals surface area contributed by atoms with Crippen molar-refractivity contribution in [2.24, 2.45) is 0 Å². The van der Waals surface area contributed by atoms with Gasteiger partial charge >= 0.3 is 6.03 Å². The van der Waals surface area contributed by atoms with Crippen molar-refractivity contribution in [2.45, 2.75) is 31.9 Å². The number of amides is 2. The first-order valence-corrected chi connectivity index (χ1v) is 8.90. The molecule has 0 bridgehead atoms. The number of aromatic nitrogens is 1. The van der Waals surface area contributed by atoms with Crippen LogP contribution in [0, 0.1) is 0 Å². The number of carbonyl (C=O) groups is 1. The molecule has 6 heteroatoms. The van der Waals surface area contributed by atoms with Gasteiger partial charge in [0, 0.05) is 31.9 Å². The van der Waals surface area contributed by atoms with E-state index in [1.165, 1.54) is 0 Å². The molecular weight excluding hydrogens is 318 g/mol. The predicted octanol–water partition coefficient (Wildman–Crippen LogP) is 3.07. The fraction of sp³-hybridized carbons (Fsp3) is 0.526. The first-order chi connectivity index (χ1) is 12.2. The van der Waals surface area contributed by atoms with E-state index in [0.29, 0.717) is 13.2 Å². The number of rotatable bonds is 6. The number of ether oxygens (including phenoxy) is 2. The number of urea groups is 1. The first-order valence-electron chi connectivity index (χ1n) is 8.90. The van der Waals surface area contributed by atoms with Gasteiger partial charge in [0.2, 0.25) is 0 Å². The summed E-state index contributed by atoms with van der Waals surface area (Å²) in [6, 6.07) is 8.24. The second-order valence-electron chi connectivity index (χ2n) is 6.55. The lowest BCUT2D eigenvalue weighted by atomic mass is 10.1. The third kappa shape index (κ3) is 4.52. The van der Waals surface area contributed by atoms with Crippen molar-refractivity contribution in [3.05, 3.63) is 36.0 Å². The van der Waals surface area contributed by atoms with Gasteiger partial charge in [-0.1, -0.05) is 6.07 Å². The number of hydrogen-bond donors (Lipinski definition) is 2. The molecule has 0 spiro atoms. The van der Waals surface area contributed by atoms with Gasteiger partial charge in [0.05, 0.1) is 25.4 Å². The molecule has 25 heavy (non-hydrogen) atoms. The van der Waals surface area contributed by atoms with E-state index in [1.54, 1.807) is 7.11 Å². The van der Waals surface area contributed by atoms with Gasteiger partial charge < -0.3 is 24.7 Å². The van der Waals surface area contributed by atoms with E-state index in [-0.39, 0.29) is 18.2 Å². The molecule has 2 N–H and O–H groups in total. The highest BCUT2D eigenvalue weighted by molar-refractivity contribution is 5.80. The van der Waals surface area contributed by atoms with Gasteiger partial charge in [-0.2, -0.15) is 0 Å². The summed E-state index contributed by atoms with van der Waals surface area (Å²) >= 11 is 0. The zero-order chi connectivity index (χ0) is 17.6. The average Bonchev–Trinajstić information content (AvgIpc) is 3.10. The van der Waals surface area contributed by atoms with Crippen molar-refractivity contribution < 1.29 is 14.3 Å². The highest BCUT2D eigenvalue weighted by Crippen LogP contribution is 2.20. The van der Waals surface area contributed by atoms with E-state index in [4.69, 9.17) is 9.47 Å². The van der Waals surface area contributed by atoms with Crippen LogP contribution in [-0.4, -0.2) is 55.4 Å². The fourth-order valence-corrected chi connectivity index (χ4v) is 3.22. The second kappa shape index (κ2) is 8.36. The number of nitrogens with one attached hydrogen (secondary N) is 2. The summed E-state index contributed by atoms with van der Waals surface area (Å²) in [5.74, 6) is 0. The molecule has 3 rings (SSSR count). The number of carbonyl (C=O) groups excluding carboxylic acids is 1. The molecule has 1 aromatic carbocycles. The lowest BCUT2D eigenvalue weighted by molar-refractivity contribution is -0.00929. The highest BCUT2D eigenvalue weighted by Gasteiger charge is 2.24. The van der Waals surface area contributed by atoms with Crippen molar-refractivity contribution in [3.63, 3.8) is 0 Å². The Morgan fingerprint density at radius 3 is 2.88 bits per heavy atom. The fourth-order valence-electron chi connectivity index (χ4n) is 3.22. The highest BCUT2D eigenvalue weighted by atomic mass is 16.5. The Bertz CT molecular complexity index is 692. The molecular formula is C19H27N3O3. The van der Waals surface area contributed by atoms with Crippen molar-refractivity contribution >= 4 is 16.9 Å². The molecule has 1 fully saturated rings. The Labute approximate surface area is 148 Å². The van der Waals surface area contributed by atoms with E-state index in [9.17, 15) is 4.79 Å². The molecule has 1 atom stereocenters. The van der Waals surface area contributed by atoms with Gasteiger partial charge in [0.25, 0.3) is 0 Å². The average molecular weight is 345 g/mol. The molecule has 136 valence electrons. The maximum atomic E-state index is 12.5. The van der Waals surface area contributed by atoms with Gasteiger partial charge in [-0.05, 0) is 48.9 Å². The topological polar surface area (TPSA) is 66.6 Å². The van der Waals surface area contributed by atoms with Crippen LogP contribution in [0.4, 0.5) is 4.79 Å². The molecule has 0 aliphatic carbocycles. The number of fused-ring (bicyclic) bond motifs is 1. The summed E-state index contributed by atoms with van der Waals surface area (Å²) in [5, 5.41) is 4.27. The molecule has 1 saturated heterocycles. The third-order valence-electron chi connectivity index (χ3n) is 4.79. The third-order valence-corrected chi connectivity index (χ3v) is 4.79. The summed E-state index contributed by atoms with van der Waals surface area (Å²) in [6.07, 6.45) is 3.91. The Hall–Kier alpha value is -2.05. The van der Waals surface area contributed by atoms with E-state index in [0.717, 1.165) is 42.4 Å². The minimum absolute atomic E-state index is 0.00277. The molecule has 0 radical (unpaired) electrons. The van der Waals surface area contributed by atoms with Crippen LogP contribution in [0.2, 0.25) is 0 Å². The predicted molar refractivity (Wildman–Crippen MR) is 97.7 cm³/mol. The normalized spacial score (nSPS) is 17.0. The van der Waals surface area contributed by atoms with Crippen LogP contribution >= 0.6 is 0 Å². The number of methoxy groups -OCH3 is 1. The minimum atomic E-state index is -0.0255. The largest absolute Gasteiger partial charge is 0.382 e. The molecule has 2 heterocycles. The number of likely N-dealkylation sites (tertiary alicyclic amines) is 1. The van der Waals surface area contributed by atoms with E-state index < -0.39 is 0 Å². The Morgan fingerprint density at radius 1 is 1.32 bits per heavy atom. The Balaban J connectivity index is 1.48. The lowest BCUT2D eigenvalue weighted by Gasteiger charge is -2.32. The minimum Gasteiger partial charge on any atom is -0.382 e. The quantitative estimate of drug-likeness (QED) is 0.791. The SMILES string of the molecule is COCCOC1CCN(C(=O)N[C@H](C)c2ccc3[nH]ccc3c2)CC1. The summed E-state index contributed by atoms with van der Waals surface area (Å²) in [6.45, 7) is 4.71. The number of piperidine rings is 1. The summed E-state index contributed by atoms with van der Waals surface area (Å²) in [7, 11) is 1.67. The molecule has 0 unspecified atom stereocenters. The van der Waals surface area contributed by atoms with Crippen LogP contribution in [0.5, 0.6) is 0 Å². The molecule has 0 saturated carbocycles. The number of aromatic amines is 1. The monoisotopic (exact) mass is 345 g/mol. The van der Waals surface area contributed by atoms with Gasteiger partial charge in [-0.15, -0.1) is 0 Å². The van der Waals surface area contributed by atoms with Crippen LogP contribution in [0.1, 0.15) is 31.4 Å². The summed E-state index contributed by atoms with van der Waals surface area (Å²) in [4.78, 5) is 17.6. The number of benzene rings is 1. The maximum absolute atomic E-state index is 12.5. The number of hydrogen-bond acceptors (Lipinski definition) is 3. The second-order valence-corrected chi connectivity index (χ2v) is 6.55. The zero-order valence-corrected chi connectivity index (χ0v) is 15.0. The van der Waals surface area contributed by atoms with Crippen molar-refractivity contribution in [3.8, 4) is 0 Å². The molecule has 6 nitrogen and oxygen atoms in total. The van der Waals surface area contributed by atoms with Gasteiger partial charge in [0.15, 0.2) is 0 Å². The van der Waals surface area contributed by atoms with Crippen LogP contribution in [0.25, 0.3) is 10.9 Å². The van der Waals surface area contributed by atoms with Crippen LogP contribution in [-0.2, 0) is 9.47 Å². The smallest absolute Gasteiger partial charge is 0.317 e. The van der Waals surface area contributed by atoms with Gasteiger partial charge in [0.1, 0.15) is 0 Å². The van der Waals surface area contributed by atoms with E-state index in [1.807, 2.05) is 24.1 Å². The maximum Gasteiger partial charge on any atom is 0.317 e. The molecule has 1 aliphatic heterocycles.